The molecule has 0 aliphatic heterocycles. The van der Waals surface area contributed by atoms with Gasteiger partial charge in [-0.2, -0.15) is 0 Å². The van der Waals surface area contributed by atoms with Gasteiger partial charge in [0.1, 0.15) is 12.3 Å². The van der Waals surface area contributed by atoms with Gasteiger partial charge >= 0.3 is 0 Å². The quantitative estimate of drug-likeness (QED) is 0.704. The Balaban J connectivity index is 2.22. The van der Waals surface area contributed by atoms with Gasteiger partial charge in [0.05, 0.1) is 23.7 Å². The maximum atomic E-state index is 10.7. The summed E-state index contributed by atoms with van der Waals surface area (Å²) in [7, 11) is -1.56. The van der Waals surface area contributed by atoms with E-state index in [1.165, 1.54) is 5.56 Å². The van der Waals surface area contributed by atoms with E-state index in [-0.39, 0.29) is 0 Å². The molecular weight excluding hydrogens is 240 g/mol. The zero-order valence-corrected chi connectivity index (χ0v) is 10.9. The van der Waals surface area contributed by atoms with E-state index in [0.717, 1.165) is 18.6 Å². The fourth-order valence-corrected chi connectivity index (χ4v) is 1.78. The van der Waals surface area contributed by atoms with Gasteiger partial charge in [-0.3, -0.25) is 0 Å². The third-order valence-electron chi connectivity index (χ3n) is 2.20. The van der Waals surface area contributed by atoms with E-state index in [2.05, 4.69) is 4.72 Å². The summed E-state index contributed by atoms with van der Waals surface area (Å²) < 4.78 is 30.1. The first-order chi connectivity index (χ1) is 8.01. The van der Waals surface area contributed by atoms with Gasteiger partial charge < -0.3 is 14.8 Å². The number of nitrogens with two attached hydrogens (primary N) is 1. The molecule has 1 aromatic carbocycles. The Morgan fingerprint density at radius 2 is 1.94 bits per heavy atom. The molecule has 0 aliphatic rings. The van der Waals surface area contributed by atoms with Gasteiger partial charge in [-0.25, -0.2) is 8.42 Å². The molecule has 0 aromatic heterocycles. The molecule has 0 saturated heterocycles. The van der Waals surface area contributed by atoms with Crippen molar-refractivity contribution >= 4 is 10.0 Å². The summed E-state index contributed by atoms with van der Waals surface area (Å²) in [6, 6.07) is 7.79. The van der Waals surface area contributed by atoms with Crippen molar-refractivity contribution in [2.45, 2.75) is 6.54 Å². The van der Waals surface area contributed by atoms with Crippen molar-refractivity contribution < 1.29 is 18.5 Å². The van der Waals surface area contributed by atoms with Crippen LogP contribution in [0.25, 0.3) is 4.72 Å². The fourth-order valence-electron chi connectivity index (χ4n) is 1.34. The van der Waals surface area contributed by atoms with Gasteiger partial charge in [-0.1, -0.05) is 6.54 Å². The van der Waals surface area contributed by atoms with Gasteiger partial charge in [0.15, 0.2) is 0 Å². The number of rotatable bonds is 7. The predicted molar refractivity (Wildman–Crippen MR) is 66.6 cm³/mol. The molecule has 17 heavy (non-hydrogen) atoms. The first-order valence-corrected chi connectivity index (χ1v) is 7.19. The zero-order chi connectivity index (χ0) is 12.7. The van der Waals surface area contributed by atoms with Crippen LogP contribution in [0, 0.1) is 0 Å². The largest absolute Gasteiger partial charge is 0.545 e. The van der Waals surface area contributed by atoms with Crippen molar-refractivity contribution in [1.29, 1.82) is 0 Å². The molecule has 0 atom stereocenters. The minimum atomic E-state index is -3.19. The molecule has 0 fully saturated rings. The average Bonchev–Trinajstić information content (AvgIpc) is 2.28. The second-order valence-electron chi connectivity index (χ2n) is 3.72. The lowest BCUT2D eigenvalue weighted by Gasteiger charge is -2.14. The SMILES string of the molecule is COc1ccc(C[NH2+]CC[N-]S(C)(=O)=O)cc1. The number of ether oxygens (including phenoxy) is 1. The van der Waals surface area contributed by atoms with E-state index in [0.29, 0.717) is 13.1 Å². The average molecular weight is 258 g/mol. The minimum absolute atomic E-state index is 0.328. The summed E-state index contributed by atoms with van der Waals surface area (Å²) in [5.74, 6) is 0.834. The number of hydrogen-bond acceptors (Lipinski definition) is 3. The van der Waals surface area contributed by atoms with Crippen molar-refractivity contribution in [3.8, 4) is 5.75 Å². The van der Waals surface area contributed by atoms with E-state index in [1.54, 1.807) is 7.11 Å². The Morgan fingerprint density at radius 3 is 2.47 bits per heavy atom. The molecule has 0 radical (unpaired) electrons. The molecule has 0 bridgehead atoms. The molecule has 0 saturated carbocycles. The number of benzene rings is 1. The van der Waals surface area contributed by atoms with Crippen LogP contribution in [0.3, 0.4) is 0 Å². The van der Waals surface area contributed by atoms with Crippen LogP contribution in [0.1, 0.15) is 5.56 Å². The number of sulfonamides is 1. The van der Waals surface area contributed by atoms with Crippen LogP contribution < -0.4 is 10.1 Å². The zero-order valence-electron chi connectivity index (χ0n) is 10.1. The first kappa shape index (κ1) is 14.0. The third-order valence-corrected chi connectivity index (χ3v) is 2.85. The molecule has 1 rings (SSSR count). The summed E-state index contributed by atoms with van der Waals surface area (Å²) in [6.45, 7) is 1.80. The highest BCUT2D eigenvalue weighted by atomic mass is 32.2. The van der Waals surface area contributed by atoms with Crippen LogP contribution in [0.15, 0.2) is 24.3 Å². The van der Waals surface area contributed by atoms with Crippen molar-refractivity contribution in [2.75, 3.05) is 26.5 Å². The summed E-state index contributed by atoms with van der Waals surface area (Å²) in [6.07, 6.45) is 1.11. The summed E-state index contributed by atoms with van der Waals surface area (Å²) in [5, 5.41) is 2.02. The van der Waals surface area contributed by atoms with Crippen molar-refractivity contribution in [3.05, 3.63) is 34.6 Å². The number of nitrogens with zero attached hydrogens (tertiary/aromatic N) is 1. The van der Waals surface area contributed by atoms with Crippen LogP contribution in [0.5, 0.6) is 5.75 Å². The summed E-state index contributed by atoms with van der Waals surface area (Å²) in [5.41, 5.74) is 1.17. The Morgan fingerprint density at radius 1 is 1.29 bits per heavy atom. The van der Waals surface area contributed by atoms with Crippen molar-refractivity contribution in [3.63, 3.8) is 0 Å². The molecule has 0 amide bonds. The molecule has 2 N–H and O–H groups in total. The molecule has 0 unspecified atom stereocenters. The molecular formula is C11H18N2O3S. The van der Waals surface area contributed by atoms with Gasteiger partial charge in [-0.15, -0.1) is 0 Å². The van der Waals surface area contributed by atoms with Crippen molar-refractivity contribution in [1.82, 2.24) is 0 Å². The molecule has 0 heterocycles. The first-order valence-electron chi connectivity index (χ1n) is 5.34. The molecule has 1 aromatic rings. The fraction of sp³-hybridized carbons (Fsp3) is 0.455. The Bertz CT molecular complexity index is 429. The lowest BCUT2D eigenvalue weighted by molar-refractivity contribution is -0.667. The number of methoxy groups -OCH3 is 1. The van der Waals surface area contributed by atoms with E-state index in [9.17, 15) is 8.42 Å². The summed E-state index contributed by atoms with van der Waals surface area (Å²) in [4.78, 5) is 0. The molecule has 96 valence electrons. The lowest BCUT2D eigenvalue weighted by Crippen LogP contribution is -2.83. The van der Waals surface area contributed by atoms with E-state index in [1.807, 2.05) is 29.6 Å². The Labute approximate surface area is 102 Å². The van der Waals surface area contributed by atoms with E-state index < -0.39 is 10.0 Å². The van der Waals surface area contributed by atoms with Crippen molar-refractivity contribution in [2.24, 2.45) is 0 Å². The number of quaternary nitrogens is 1. The Kier molecular flexibility index (Phi) is 5.40. The van der Waals surface area contributed by atoms with Gasteiger partial charge in [0.2, 0.25) is 0 Å². The van der Waals surface area contributed by atoms with E-state index >= 15 is 0 Å². The maximum Gasteiger partial charge on any atom is 0.118 e. The van der Waals surface area contributed by atoms with Crippen LogP contribution in [-0.4, -0.2) is 34.9 Å². The highest BCUT2D eigenvalue weighted by molar-refractivity contribution is 7.93. The van der Waals surface area contributed by atoms with Crippen LogP contribution in [0.2, 0.25) is 0 Å². The van der Waals surface area contributed by atoms with Gasteiger partial charge in [-0.05, 0) is 24.3 Å². The molecule has 0 aliphatic carbocycles. The normalized spacial score (nSPS) is 11.4. The highest BCUT2D eigenvalue weighted by Gasteiger charge is 1.95. The molecule has 0 spiro atoms. The lowest BCUT2D eigenvalue weighted by atomic mass is 10.2. The van der Waals surface area contributed by atoms with E-state index in [4.69, 9.17) is 4.74 Å². The van der Waals surface area contributed by atoms with Crippen LogP contribution in [-0.2, 0) is 16.6 Å². The third kappa shape index (κ3) is 6.25. The molecule has 6 heteroatoms. The highest BCUT2D eigenvalue weighted by Crippen LogP contribution is 2.10. The summed E-state index contributed by atoms with van der Waals surface area (Å²) >= 11 is 0. The van der Waals surface area contributed by atoms with Gasteiger partial charge in [0, 0.05) is 11.8 Å². The van der Waals surface area contributed by atoms with Gasteiger partial charge in [0.25, 0.3) is 0 Å². The second-order valence-corrected chi connectivity index (χ2v) is 5.44. The maximum absolute atomic E-state index is 10.7. The monoisotopic (exact) mass is 258 g/mol. The second kappa shape index (κ2) is 6.58. The smallest absolute Gasteiger partial charge is 0.118 e. The van der Waals surface area contributed by atoms with Crippen LogP contribution in [0.4, 0.5) is 0 Å². The molecule has 5 nitrogen and oxygen atoms in total. The standard InChI is InChI=1S/C11H17N2O3S/c1-16-11-5-3-10(4-6-11)9-12-7-8-13-17(2,14)15/h3-6,12H,7-9H2,1-2H3/q-1/p+1. The van der Waals surface area contributed by atoms with Crippen LogP contribution >= 0.6 is 0 Å². The predicted octanol–water partition coefficient (Wildman–Crippen LogP) is 0.0919. The minimum Gasteiger partial charge on any atom is -0.545 e. The Hall–Kier alpha value is -1.11. The topological polar surface area (TPSA) is 74.1 Å². The number of hydrogen-bond donors (Lipinski definition) is 1.